The lowest BCUT2D eigenvalue weighted by Gasteiger charge is -2.08. The molecule has 0 aliphatic heterocycles. The molecule has 0 saturated carbocycles. The summed E-state index contributed by atoms with van der Waals surface area (Å²) in [7, 11) is 6.54. The molecule has 0 aliphatic carbocycles. The second kappa shape index (κ2) is 14.1. The Kier molecular flexibility index (Phi) is 10.3. The number of rotatable bonds is 8. The predicted octanol–water partition coefficient (Wildman–Crippen LogP) is 6.57. The summed E-state index contributed by atoms with van der Waals surface area (Å²) in [6.07, 6.45) is 7.20. The number of methoxy groups -OCH3 is 4. The van der Waals surface area contributed by atoms with Crippen molar-refractivity contribution < 1.29 is 39.4 Å². The van der Waals surface area contributed by atoms with Gasteiger partial charge in [-0.05, 0) is 59.7 Å². The van der Waals surface area contributed by atoms with Gasteiger partial charge in [0.25, 0.3) is 0 Å². The van der Waals surface area contributed by atoms with Crippen molar-refractivity contribution in [3.63, 3.8) is 0 Å². The molecular formula is C32H32O8. The van der Waals surface area contributed by atoms with Crippen LogP contribution in [-0.4, -0.2) is 48.9 Å². The van der Waals surface area contributed by atoms with Crippen LogP contribution >= 0.6 is 0 Å². The van der Waals surface area contributed by atoms with E-state index in [0.29, 0.717) is 11.1 Å². The van der Waals surface area contributed by atoms with Gasteiger partial charge in [0.05, 0.1) is 28.4 Å². The summed E-state index contributed by atoms with van der Waals surface area (Å²) >= 11 is 0. The van der Waals surface area contributed by atoms with Gasteiger partial charge in [0.1, 0.15) is 46.0 Å². The monoisotopic (exact) mass is 544 g/mol. The van der Waals surface area contributed by atoms with E-state index >= 15 is 0 Å². The molecule has 0 fully saturated rings. The van der Waals surface area contributed by atoms with Crippen LogP contribution in [0, 0.1) is 0 Å². The van der Waals surface area contributed by atoms with Crippen LogP contribution in [0.4, 0.5) is 0 Å². The van der Waals surface area contributed by atoms with Crippen LogP contribution in [0.5, 0.6) is 46.0 Å². The van der Waals surface area contributed by atoms with E-state index in [-0.39, 0.29) is 23.0 Å². The average Bonchev–Trinajstić information content (AvgIpc) is 2.95. The minimum Gasteiger partial charge on any atom is -0.508 e. The molecule has 4 aromatic carbocycles. The van der Waals surface area contributed by atoms with E-state index in [2.05, 4.69) is 0 Å². The van der Waals surface area contributed by atoms with Crippen molar-refractivity contribution in [2.75, 3.05) is 28.4 Å². The van der Waals surface area contributed by atoms with Crippen molar-refractivity contribution >= 4 is 24.3 Å². The van der Waals surface area contributed by atoms with Gasteiger partial charge in [-0.15, -0.1) is 0 Å². The van der Waals surface area contributed by atoms with E-state index in [9.17, 15) is 15.3 Å². The second-order valence-electron chi connectivity index (χ2n) is 8.45. The lowest BCUT2D eigenvalue weighted by atomic mass is 10.1. The molecule has 0 unspecified atom stereocenters. The molecule has 0 aliphatic rings. The fourth-order valence-corrected chi connectivity index (χ4v) is 3.64. The molecule has 0 bridgehead atoms. The van der Waals surface area contributed by atoms with Crippen LogP contribution < -0.4 is 18.9 Å². The molecule has 0 radical (unpaired) electrons. The third-order valence-electron chi connectivity index (χ3n) is 5.66. The minimum atomic E-state index is -0.0457. The Labute approximate surface area is 233 Å². The van der Waals surface area contributed by atoms with Crippen molar-refractivity contribution in [1.82, 2.24) is 0 Å². The summed E-state index contributed by atoms with van der Waals surface area (Å²) in [6, 6.07) is 19.9. The summed E-state index contributed by atoms with van der Waals surface area (Å²) < 4.78 is 21.1. The molecule has 8 nitrogen and oxygen atoms in total. The molecule has 0 spiro atoms. The third-order valence-corrected chi connectivity index (χ3v) is 5.66. The summed E-state index contributed by atoms with van der Waals surface area (Å²) in [5, 5.41) is 37.3. The first-order valence-electron chi connectivity index (χ1n) is 12.1. The highest BCUT2D eigenvalue weighted by Crippen LogP contribution is 2.29. The first-order valence-corrected chi connectivity index (χ1v) is 12.1. The number of phenolic OH excluding ortho intramolecular Hbond substituents is 4. The Morgan fingerprint density at radius 2 is 1.00 bits per heavy atom. The number of hydrogen-bond acceptors (Lipinski definition) is 8. The van der Waals surface area contributed by atoms with Crippen LogP contribution in [-0.2, 0) is 0 Å². The SMILES string of the molecule is COc1cc(/C=C/c2ccc(OC)cc2OC)cc(OC)c1.Oc1cc(O)cc(/C=C/c2ccc(O)cc2O)c1. The summed E-state index contributed by atoms with van der Waals surface area (Å²) in [5.41, 5.74) is 3.06. The molecule has 0 heterocycles. The largest absolute Gasteiger partial charge is 0.508 e. The Balaban J connectivity index is 0.000000225. The lowest BCUT2D eigenvalue weighted by Crippen LogP contribution is -1.90. The van der Waals surface area contributed by atoms with Crippen LogP contribution in [0.15, 0.2) is 72.8 Å². The number of phenols is 4. The van der Waals surface area contributed by atoms with E-state index in [1.165, 1.54) is 30.3 Å². The lowest BCUT2D eigenvalue weighted by molar-refractivity contribution is 0.394. The van der Waals surface area contributed by atoms with E-state index in [0.717, 1.165) is 34.1 Å². The number of ether oxygens (including phenoxy) is 4. The van der Waals surface area contributed by atoms with Gasteiger partial charge in [0.15, 0.2) is 0 Å². The van der Waals surface area contributed by atoms with E-state index in [4.69, 9.17) is 24.1 Å². The topological polar surface area (TPSA) is 118 Å². The highest BCUT2D eigenvalue weighted by atomic mass is 16.5. The normalized spacial score (nSPS) is 10.7. The molecule has 0 aromatic heterocycles. The molecule has 4 rings (SSSR count). The molecular weight excluding hydrogens is 512 g/mol. The number of aromatic hydroxyl groups is 4. The van der Waals surface area contributed by atoms with Crippen molar-refractivity contribution in [2.24, 2.45) is 0 Å². The number of benzene rings is 4. The van der Waals surface area contributed by atoms with Crippen molar-refractivity contribution in [3.8, 4) is 46.0 Å². The Hall–Kier alpha value is -5.24. The maximum absolute atomic E-state index is 9.57. The van der Waals surface area contributed by atoms with E-state index in [1.807, 2.05) is 48.6 Å². The van der Waals surface area contributed by atoms with Gasteiger partial charge in [-0.2, -0.15) is 0 Å². The smallest absolute Gasteiger partial charge is 0.129 e. The number of hydrogen-bond donors (Lipinski definition) is 4. The van der Waals surface area contributed by atoms with Crippen LogP contribution in [0.3, 0.4) is 0 Å². The van der Waals surface area contributed by atoms with Crippen molar-refractivity contribution in [2.45, 2.75) is 0 Å². The Morgan fingerprint density at radius 3 is 1.55 bits per heavy atom. The van der Waals surface area contributed by atoms with Gasteiger partial charge in [-0.1, -0.05) is 24.3 Å². The highest BCUT2D eigenvalue weighted by molar-refractivity contribution is 5.75. The van der Waals surface area contributed by atoms with E-state index in [1.54, 1.807) is 46.7 Å². The van der Waals surface area contributed by atoms with Crippen molar-refractivity contribution in [1.29, 1.82) is 0 Å². The zero-order valence-electron chi connectivity index (χ0n) is 22.7. The molecule has 4 aromatic rings. The average molecular weight is 545 g/mol. The molecule has 0 saturated heterocycles. The summed E-state index contributed by atoms with van der Waals surface area (Å²) in [6.45, 7) is 0. The van der Waals surface area contributed by atoms with Gasteiger partial charge < -0.3 is 39.4 Å². The molecule has 8 heteroatoms. The van der Waals surface area contributed by atoms with Gasteiger partial charge in [-0.3, -0.25) is 0 Å². The quantitative estimate of drug-likeness (QED) is 0.184. The van der Waals surface area contributed by atoms with Gasteiger partial charge in [-0.25, -0.2) is 0 Å². The first kappa shape index (κ1) is 29.3. The molecule has 0 amide bonds. The zero-order chi connectivity index (χ0) is 29.1. The third kappa shape index (κ3) is 8.39. The molecule has 208 valence electrons. The predicted molar refractivity (Wildman–Crippen MR) is 156 cm³/mol. The minimum absolute atomic E-state index is 0.0142. The van der Waals surface area contributed by atoms with Gasteiger partial charge in [0, 0.05) is 35.4 Å². The Morgan fingerprint density at radius 1 is 0.450 bits per heavy atom. The maximum atomic E-state index is 9.57. The van der Waals surface area contributed by atoms with Gasteiger partial charge in [0.2, 0.25) is 0 Å². The maximum Gasteiger partial charge on any atom is 0.129 e. The fraction of sp³-hybridized carbons (Fsp3) is 0.125. The molecule has 4 N–H and O–H groups in total. The summed E-state index contributed by atoms with van der Waals surface area (Å²) in [4.78, 5) is 0. The van der Waals surface area contributed by atoms with Gasteiger partial charge >= 0.3 is 0 Å². The van der Waals surface area contributed by atoms with E-state index < -0.39 is 0 Å². The molecule has 0 atom stereocenters. The second-order valence-corrected chi connectivity index (χ2v) is 8.45. The van der Waals surface area contributed by atoms with Crippen LogP contribution in [0.1, 0.15) is 22.3 Å². The van der Waals surface area contributed by atoms with Crippen LogP contribution in [0.25, 0.3) is 24.3 Å². The molecule has 40 heavy (non-hydrogen) atoms. The summed E-state index contributed by atoms with van der Waals surface area (Å²) in [5.74, 6) is 2.88. The zero-order valence-corrected chi connectivity index (χ0v) is 22.7. The highest BCUT2D eigenvalue weighted by Gasteiger charge is 2.04. The Bertz CT molecular complexity index is 1450. The van der Waals surface area contributed by atoms with Crippen molar-refractivity contribution in [3.05, 3.63) is 95.1 Å². The fourth-order valence-electron chi connectivity index (χ4n) is 3.64. The standard InChI is InChI=1S/C18H20O4.C14H12O4/c1-19-15-8-7-14(18(12-15)22-4)6-5-13-9-16(20-2)11-17(10-13)21-3;15-11-4-3-10(14(18)8-11)2-1-9-5-12(16)7-13(17)6-9/h5-12H,1-4H3;1-8,15-18H/b6-5+;2-1+. The van der Waals surface area contributed by atoms with Crippen LogP contribution in [0.2, 0.25) is 0 Å². The first-order chi connectivity index (χ1) is 19.2.